The summed E-state index contributed by atoms with van der Waals surface area (Å²) >= 11 is 0. The van der Waals surface area contributed by atoms with Crippen molar-refractivity contribution in [3.05, 3.63) is 35.9 Å². The monoisotopic (exact) mass is 297 g/mol. The van der Waals surface area contributed by atoms with Crippen molar-refractivity contribution in [1.29, 1.82) is 0 Å². The van der Waals surface area contributed by atoms with Gasteiger partial charge in [0.2, 0.25) is 0 Å². The van der Waals surface area contributed by atoms with Crippen molar-refractivity contribution in [2.75, 3.05) is 32.7 Å². The van der Waals surface area contributed by atoms with Crippen LogP contribution in [0.15, 0.2) is 30.3 Å². The second kappa shape index (κ2) is 8.63. The summed E-state index contributed by atoms with van der Waals surface area (Å²) in [6, 6.07) is 12.0. The number of rotatable bonds is 6. The first-order valence-electron chi connectivity index (χ1n) is 7.49. The molecule has 2 unspecified atom stereocenters. The van der Waals surface area contributed by atoms with Gasteiger partial charge >= 0.3 is 0 Å². The smallest absolute Gasteiger partial charge is 0.0320 e. The van der Waals surface area contributed by atoms with Crippen LogP contribution in [-0.2, 0) is 0 Å². The third-order valence-electron chi connectivity index (χ3n) is 4.36. The van der Waals surface area contributed by atoms with Crippen LogP contribution < -0.4 is 5.73 Å². The number of likely N-dealkylation sites (tertiary alicyclic amines) is 1. The standard InChI is InChI=1S/C16H27N3.ClH/c1-3-18(12-10-17)16-9-11-19(13-16)14(2)15-7-5-4-6-8-15;/h4-8,14,16H,3,9-13,17H2,1-2H3;1H. The summed E-state index contributed by atoms with van der Waals surface area (Å²) in [5.41, 5.74) is 7.12. The molecule has 2 N–H and O–H groups in total. The van der Waals surface area contributed by atoms with E-state index in [0.717, 1.165) is 19.6 Å². The molecule has 1 aromatic carbocycles. The Balaban J connectivity index is 0.00000200. The van der Waals surface area contributed by atoms with E-state index < -0.39 is 0 Å². The van der Waals surface area contributed by atoms with Gasteiger partial charge in [0, 0.05) is 38.3 Å². The zero-order valence-corrected chi connectivity index (χ0v) is 13.5. The molecule has 1 heterocycles. The molecule has 1 aromatic rings. The molecule has 1 aliphatic heterocycles. The summed E-state index contributed by atoms with van der Waals surface area (Å²) in [6.07, 6.45) is 1.27. The normalized spacial score (nSPS) is 20.9. The molecule has 1 aliphatic rings. The summed E-state index contributed by atoms with van der Waals surface area (Å²) in [5.74, 6) is 0. The highest BCUT2D eigenvalue weighted by Gasteiger charge is 2.29. The highest BCUT2D eigenvalue weighted by atomic mass is 35.5. The van der Waals surface area contributed by atoms with E-state index in [4.69, 9.17) is 5.73 Å². The van der Waals surface area contributed by atoms with Crippen LogP contribution >= 0.6 is 12.4 Å². The third-order valence-corrected chi connectivity index (χ3v) is 4.36. The average molecular weight is 298 g/mol. The molecule has 3 nitrogen and oxygen atoms in total. The fraction of sp³-hybridized carbons (Fsp3) is 0.625. The van der Waals surface area contributed by atoms with Gasteiger partial charge in [-0.3, -0.25) is 9.80 Å². The molecule has 114 valence electrons. The van der Waals surface area contributed by atoms with Crippen LogP contribution in [0.4, 0.5) is 0 Å². The maximum atomic E-state index is 5.70. The SMILES string of the molecule is CCN(CCN)C1CCN(C(C)c2ccccc2)C1.Cl. The fourth-order valence-corrected chi connectivity index (χ4v) is 3.13. The molecule has 2 atom stereocenters. The highest BCUT2D eigenvalue weighted by Crippen LogP contribution is 2.26. The van der Waals surface area contributed by atoms with Crippen LogP contribution in [0, 0.1) is 0 Å². The average Bonchev–Trinajstić information content (AvgIpc) is 2.94. The van der Waals surface area contributed by atoms with Crippen molar-refractivity contribution in [2.45, 2.75) is 32.4 Å². The minimum Gasteiger partial charge on any atom is -0.329 e. The Bertz CT molecular complexity index is 371. The fourth-order valence-electron chi connectivity index (χ4n) is 3.13. The Labute approximate surface area is 129 Å². The van der Waals surface area contributed by atoms with Gasteiger partial charge in [-0.1, -0.05) is 37.3 Å². The summed E-state index contributed by atoms with van der Waals surface area (Å²) in [5, 5.41) is 0. The molecule has 1 saturated heterocycles. The first-order valence-corrected chi connectivity index (χ1v) is 7.49. The Morgan fingerprint density at radius 2 is 2.05 bits per heavy atom. The molecule has 0 spiro atoms. The molecule has 20 heavy (non-hydrogen) atoms. The second-order valence-electron chi connectivity index (χ2n) is 5.44. The van der Waals surface area contributed by atoms with Gasteiger partial charge in [-0.2, -0.15) is 0 Å². The quantitative estimate of drug-likeness (QED) is 0.876. The summed E-state index contributed by atoms with van der Waals surface area (Å²) in [4.78, 5) is 5.12. The number of halogens is 1. The third kappa shape index (κ3) is 4.19. The minimum absolute atomic E-state index is 0. The largest absolute Gasteiger partial charge is 0.329 e. The molecular weight excluding hydrogens is 270 g/mol. The first-order chi connectivity index (χ1) is 9.26. The van der Waals surface area contributed by atoms with Crippen LogP contribution in [0.5, 0.6) is 0 Å². The van der Waals surface area contributed by atoms with Gasteiger partial charge < -0.3 is 5.73 Å². The van der Waals surface area contributed by atoms with Crippen molar-refractivity contribution in [3.63, 3.8) is 0 Å². The molecule has 0 aromatic heterocycles. The lowest BCUT2D eigenvalue weighted by Gasteiger charge is -2.29. The lowest BCUT2D eigenvalue weighted by molar-refractivity contribution is 0.190. The lowest BCUT2D eigenvalue weighted by atomic mass is 10.1. The topological polar surface area (TPSA) is 32.5 Å². The zero-order chi connectivity index (χ0) is 13.7. The van der Waals surface area contributed by atoms with Gasteiger partial charge in [0.15, 0.2) is 0 Å². The van der Waals surface area contributed by atoms with Crippen LogP contribution in [0.25, 0.3) is 0 Å². The number of nitrogens with two attached hydrogens (primary N) is 1. The number of nitrogens with zero attached hydrogens (tertiary/aromatic N) is 2. The zero-order valence-electron chi connectivity index (χ0n) is 12.7. The molecule has 0 saturated carbocycles. The molecule has 0 amide bonds. The second-order valence-corrected chi connectivity index (χ2v) is 5.44. The highest BCUT2D eigenvalue weighted by molar-refractivity contribution is 5.85. The van der Waals surface area contributed by atoms with Crippen molar-refractivity contribution in [2.24, 2.45) is 5.73 Å². The summed E-state index contributed by atoms with van der Waals surface area (Å²) < 4.78 is 0. The van der Waals surface area contributed by atoms with Crippen LogP contribution in [0.2, 0.25) is 0 Å². The van der Waals surface area contributed by atoms with Gasteiger partial charge in [0.25, 0.3) is 0 Å². The Kier molecular flexibility index (Phi) is 7.52. The molecule has 0 aliphatic carbocycles. The van der Waals surface area contributed by atoms with Crippen molar-refractivity contribution in [3.8, 4) is 0 Å². The molecule has 4 heteroatoms. The van der Waals surface area contributed by atoms with Gasteiger partial charge in [-0.05, 0) is 25.5 Å². The first kappa shape index (κ1) is 17.4. The van der Waals surface area contributed by atoms with Gasteiger partial charge in [-0.25, -0.2) is 0 Å². The van der Waals surface area contributed by atoms with E-state index in [0.29, 0.717) is 12.1 Å². The summed E-state index contributed by atoms with van der Waals surface area (Å²) in [6.45, 7) is 9.81. The molecule has 0 bridgehead atoms. The van der Waals surface area contributed by atoms with Gasteiger partial charge in [0.1, 0.15) is 0 Å². The van der Waals surface area contributed by atoms with Crippen molar-refractivity contribution in [1.82, 2.24) is 9.80 Å². The Hall–Kier alpha value is -0.610. The van der Waals surface area contributed by atoms with E-state index in [1.165, 1.54) is 25.1 Å². The van der Waals surface area contributed by atoms with Crippen LogP contribution in [-0.4, -0.2) is 48.6 Å². The maximum absolute atomic E-state index is 5.70. The predicted molar refractivity (Wildman–Crippen MR) is 88.4 cm³/mol. The Morgan fingerprint density at radius 1 is 1.35 bits per heavy atom. The van der Waals surface area contributed by atoms with E-state index >= 15 is 0 Å². The molecule has 1 fully saturated rings. The number of hydrogen-bond acceptors (Lipinski definition) is 3. The lowest BCUT2D eigenvalue weighted by Crippen LogP contribution is -2.40. The van der Waals surface area contributed by atoms with E-state index in [1.807, 2.05) is 0 Å². The molecule has 2 rings (SSSR count). The predicted octanol–water partition coefficient (Wildman–Crippen LogP) is 2.52. The van der Waals surface area contributed by atoms with Crippen molar-refractivity contribution >= 4 is 12.4 Å². The van der Waals surface area contributed by atoms with E-state index in [9.17, 15) is 0 Å². The molecule has 0 radical (unpaired) electrons. The van der Waals surface area contributed by atoms with Crippen molar-refractivity contribution < 1.29 is 0 Å². The van der Waals surface area contributed by atoms with Gasteiger partial charge in [-0.15, -0.1) is 12.4 Å². The van der Waals surface area contributed by atoms with Crippen LogP contribution in [0.1, 0.15) is 31.9 Å². The molecular formula is C16H28ClN3. The summed E-state index contributed by atoms with van der Waals surface area (Å²) in [7, 11) is 0. The number of hydrogen-bond donors (Lipinski definition) is 1. The maximum Gasteiger partial charge on any atom is 0.0320 e. The van der Waals surface area contributed by atoms with Crippen LogP contribution in [0.3, 0.4) is 0 Å². The van der Waals surface area contributed by atoms with Gasteiger partial charge in [0.05, 0.1) is 0 Å². The van der Waals surface area contributed by atoms with E-state index in [2.05, 4.69) is 54.0 Å². The van der Waals surface area contributed by atoms with E-state index in [-0.39, 0.29) is 12.4 Å². The minimum atomic E-state index is 0. The number of likely N-dealkylation sites (N-methyl/N-ethyl adjacent to an activating group) is 1. The van der Waals surface area contributed by atoms with E-state index in [1.54, 1.807) is 0 Å². The number of benzene rings is 1. The Morgan fingerprint density at radius 3 is 2.65 bits per heavy atom.